The Labute approximate surface area is 156 Å². The summed E-state index contributed by atoms with van der Waals surface area (Å²) in [7, 11) is 0. The molecule has 0 aromatic carbocycles. The number of rotatable bonds is 0. The molecule has 1 spiro atoms. The van der Waals surface area contributed by atoms with Gasteiger partial charge in [-0.15, -0.1) is 0 Å². The van der Waals surface area contributed by atoms with Gasteiger partial charge in [-0.25, -0.2) is 0 Å². The summed E-state index contributed by atoms with van der Waals surface area (Å²) in [6.07, 6.45) is 8.18. The third-order valence-electron chi connectivity index (χ3n) is 8.96. The van der Waals surface area contributed by atoms with Crippen LogP contribution >= 0.6 is 12.6 Å². The van der Waals surface area contributed by atoms with Crippen LogP contribution in [0.25, 0.3) is 0 Å². The highest BCUT2D eigenvalue weighted by Gasteiger charge is 2.67. The van der Waals surface area contributed by atoms with Crippen molar-refractivity contribution in [3.05, 3.63) is 0 Å². The first-order valence-electron chi connectivity index (χ1n) is 10.2. The molecule has 1 heterocycles. The number of aliphatic hydroxyl groups excluding tert-OH is 1. The van der Waals surface area contributed by atoms with Crippen LogP contribution in [0.2, 0.25) is 0 Å². The Morgan fingerprint density at radius 2 is 1.68 bits per heavy atom. The molecule has 4 saturated carbocycles. The fraction of sp³-hybridized carbons (Fsp3) is 1.00. The van der Waals surface area contributed by atoms with Gasteiger partial charge in [-0.1, -0.05) is 6.92 Å². The Kier molecular flexibility index (Phi) is 3.72. The molecule has 1 aliphatic heterocycles. The molecule has 0 bridgehead atoms. The highest BCUT2D eigenvalue weighted by atomic mass is 32.1. The van der Waals surface area contributed by atoms with Crippen LogP contribution in [0.15, 0.2) is 0 Å². The maximum Gasteiger partial charge on any atom is 0.171 e. The monoisotopic (exact) mass is 368 g/mol. The summed E-state index contributed by atoms with van der Waals surface area (Å²) in [6.45, 7) is 3.58. The summed E-state index contributed by atoms with van der Waals surface area (Å²) in [5.41, 5.74) is -0.723. The highest BCUT2D eigenvalue weighted by molar-refractivity contribution is 7.82. The Hall–Kier alpha value is 0.190. The van der Waals surface area contributed by atoms with Crippen molar-refractivity contribution >= 4 is 12.6 Å². The van der Waals surface area contributed by atoms with Crippen molar-refractivity contribution in [3.8, 4) is 0 Å². The van der Waals surface area contributed by atoms with E-state index in [1.807, 2.05) is 0 Å². The molecule has 5 aliphatic rings. The van der Waals surface area contributed by atoms with Crippen molar-refractivity contribution in [2.24, 2.45) is 23.2 Å². The second-order valence-corrected chi connectivity index (χ2v) is 10.6. The molecular formula is C20H32O4S. The van der Waals surface area contributed by atoms with Crippen LogP contribution in [-0.2, 0) is 9.47 Å². The van der Waals surface area contributed by atoms with Crippen molar-refractivity contribution in [2.45, 2.75) is 87.0 Å². The van der Waals surface area contributed by atoms with Crippen LogP contribution in [0.4, 0.5) is 0 Å². The van der Waals surface area contributed by atoms with E-state index in [4.69, 9.17) is 22.1 Å². The molecule has 5 heteroatoms. The average molecular weight is 369 g/mol. The minimum absolute atomic E-state index is 0.0777. The zero-order valence-corrected chi connectivity index (χ0v) is 16.1. The fourth-order valence-corrected chi connectivity index (χ4v) is 8.16. The van der Waals surface area contributed by atoms with Crippen molar-refractivity contribution < 1.29 is 19.7 Å². The number of thiol groups is 1. The number of fused-ring (bicyclic) bond motifs is 5. The number of aliphatic hydroxyl groups is 2. The van der Waals surface area contributed by atoms with Gasteiger partial charge in [0.2, 0.25) is 0 Å². The minimum Gasteiger partial charge on any atom is -0.393 e. The zero-order chi connectivity index (χ0) is 17.5. The molecule has 0 radical (unpaired) electrons. The highest BCUT2D eigenvalue weighted by Crippen LogP contribution is 2.67. The largest absolute Gasteiger partial charge is 0.393 e. The molecule has 4 aliphatic carbocycles. The molecule has 0 aromatic rings. The first kappa shape index (κ1) is 17.3. The van der Waals surface area contributed by atoms with E-state index in [0.717, 1.165) is 51.4 Å². The van der Waals surface area contributed by atoms with Crippen LogP contribution in [0.5, 0.6) is 0 Å². The van der Waals surface area contributed by atoms with Crippen LogP contribution in [0.3, 0.4) is 0 Å². The predicted molar refractivity (Wildman–Crippen MR) is 97.4 cm³/mol. The van der Waals surface area contributed by atoms with E-state index in [-0.39, 0.29) is 16.3 Å². The van der Waals surface area contributed by atoms with Gasteiger partial charge >= 0.3 is 0 Å². The summed E-state index contributed by atoms with van der Waals surface area (Å²) in [5.74, 6) is 1.05. The predicted octanol–water partition coefficient (Wildman–Crippen LogP) is 2.91. The maximum atomic E-state index is 11.7. The van der Waals surface area contributed by atoms with E-state index in [0.29, 0.717) is 37.4 Å². The lowest BCUT2D eigenvalue weighted by molar-refractivity contribution is -0.247. The number of hydrogen-bond donors (Lipinski definition) is 3. The first-order chi connectivity index (χ1) is 11.8. The molecule has 5 rings (SSSR count). The lowest BCUT2D eigenvalue weighted by atomic mass is 9.48. The Bertz CT molecular complexity index is 564. The number of hydrogen-bond acceptors (Lipinski definition) is 5. The topological polar surface area (TPSA) is 58.9 Å². The van der Waals surface area contributed by atoms with Gasteiger partial charge in [0.05, 0.1) is 24.9 Å². The van der Waals surface area contributed by atoms with Crippen molar-refractivity contribution in [2.75, 3.05) is 13.2 Å². The van der Waals surface area contributed by atoms with Crippen LogP contribution < -0.4 is 0 Å². The van der Waals surface area contributed by atoms with Gasteiger partial charge < -0.3 is 19.7 Å². The van der Waals surface area contributed by atoms with E-state index >= 15 is 0 Å². The number of ether oxygens (including phenoxy) is 2. The molecule has 0 aromatic heterocycles. The van der Waals surface area contributed by atoms with E-state index in [9.17, 15) is 10.2 Å². The van der Waals surface area contributed by atoms with Gasteiger partial charge in [-0.2, -0.15) is 12.6 Å². The summed E-state index contributed by atoms with van der Waals surface area (Å²) < 4.78 is 11.5. The molecule has 1 saturated heterocycles. The van der Waals surface area contributed by atoms with Gasteiger partial charge in [-0.05, 0) is 68.1 Å². The lowest BCUT2D eigenvalue weighted by Crippen LogP contribution is -2.68. The summed E-state index contributed by atoms with van der Waals surface area (Å²) in [6, 6.07) is 0. The molecule has 142 valence electrons. The molecule has 7 atom stereocenters. The Morgan fingerprint density at radius 3 is 2.44 bits per heavy atom. The molecule has 0 unspecified atom stereocenters. The van der Waals surface area contributed by atoms with Crippen LogP contribution in [0.1, 0.15) is 64.7 Å². The SMILES string of the molecule is C[C@]12CC[C@H]3[C@@H](CC[C@@]4(O)CC5(CC[C@]34S)OCCO5)[C@@H]1CC[C@@H]2O. The second kappa shape index (κ2) is 5.38. The van der Waals surface area contributed by atoms with Gasteiger partial charge in [0.15, 0.2) is 5.79 Å². The van der Waals surface area contributed by atoms with Crippen LogP contribution in [0, 0.1) is 23.2 Å². The lowest BCUT2D eigenvalue weighted by Gasteiger charge is -2.64. The molecule has 25 heavy (non-hydrogen) atoms. The van der Waals surface area contributed by atoms with Crippen molar-refractivity contribution in [1.82, 2.24) is 0 Å². The van der Waals surface area contributed by atoms with E-state index in [1.165, 1.54) is 0 Å². The van der Waals surface area contributed by atoms with Crippen molar-refractivity contribution in [1.29, 1.82) is 0 Å². The van der Waals surface area contributed by atoms with Gasteiger partial charge in [0, 0.05) is 17.6 Å². The van der Waals surface area contributed by atoms with E-state index in [2.05, 4.69) is 6.92 Å². The normalized spacial score (nSPS) is 57.1. The van der Waals surface area contributed by atoms with E-state index < -0.39 is 11.4 Å². The molecule has 5 fully saturated rings. The Balaban J connectivity index is 1.45. The fourth-order valence-electron chi connectivity index (χ4n) is 7.54. The zero-order valence-electron chi connectivity index (χ0n) is 15.2. The molecule has 0 amide bonds. The summed E-state index contributed by atoms with van der Waals surface area (Å²) in [4.78, 5) is 0. The Morgan fingerprint density at radius 1 is 0.920 bits per heavy atom. The maximum absolute atomic E-state index is 11.7. The van der Waals surface area contributed by atoms with Crippen LogP contribution in [-0.4, -0.2) is 45.7 Å². The molecule has 4 nitrogen and oxygen atoms in total. The van der Waals surface area contributed by atoms with Crippen molar-refractivity contribution in [3.63, 3.8) is 0 Å². The van der Waals surface area contributed by atoms with E-state index in [1.54, 1.807) is 0 Å². The second-order valence-electron chi connectivity index (χ2n) is 9.79. The summed E-state index contributed by atoms with van der Waals surface area (Å²) in [5, 5.41) is 22.2. The van der Waals surface area contributed by atoms with Gasteiger partial charge in [-0.3, -0.25) is 0 Å². The first-order valence-corrected chi connectivity index (χ1v) is 10.7. The molecular weight excluding hydrogens is 336 g/mol. The quantitative estimate of drug-likeness (QED) is 0.576. The smallest absolute Gasteiger partial charge is 0.171 e. The standard InChI is InChI=1S/C20H32O4S/c1-17-6-5-15-13(14(17)2-3-16(17)21)4-7-18(22)12-19(23-10-11-24-19)8-9-20(15,18)25/h13-16,21-22,25H,2-12H2,1H3/t13-,14-,15-,16-,17-,18+,20-/m0/s1. The van der Waals surface area contributed by atoms with Gasteiger partial charge in [0.1, 0.15) is 0 Å². The third kappa shape index (κ3) is 2.16. The average Bonchev–Trinajstić information content (AvgIpc) is 3.14. The third-order valence-corrected chi connectivity index (χ3v) is 9.93. The minimum atomic E-state index is -0.801. The summed E-state index contributed by atoms with van der Waals surface area (Å²) >= 11 is 5.22. The van der Waals surface area contributed by atoms with Gasteiger partial charge in [0.25, 0.3) is 0 Å². The molecule has 2 N–H and O–H groups in total.